The van der Waals surface area contributed by atoms with Crippen molar-refractivity contribution in [1.29, 1.82) is 0 Å². The largest absolute Gasteiger partial charge is 0.353 e. The van der Waals surface area contributed by atoms with Crippen molar-refractivity contribution in [2.75, 3.05) is 5.75 Å². The van der Waals surface area contributed by atoms with Crippen molar-refractivity contribution >= 4 is 17.7 Å². The Bertz CT molecular complexity index is 923. The van der Waals surface area contributed by atoms with Crippen LogP contribution in [0.3, 0.4) is 0 Å². The van der Waals surface area contributed by atoms with Crippen molar-refractivity contribution in [2.45, 2.75) is 44.8 Å². The maximum atomic E-state index is 12.3. The molecule has 1 N–H and O–H groups in total. The SMILES string of the molecule is Cc1ccc(-n2cnnc2SCC(=O)NC(C)CCc2ccccc2)cc1C. The lowest BCUT2D eigenvalue weighted by atomic mass is 10.1. The molecule has 146 valence electrons. The molecule has 0 radical (unpaired) electrons. The van der Waals surface area contributed by atoms with E-state index >= 15 is 0 Å². The zero-order valence-corrected chi connectivity index (χ0v) is 17.4. The van der Waals surface area contributed by atoms with Crippen LogP contribution in [0.25, 0.3) is 5.69 Å². The first-order chi connectivity index (χ1) is 13.5. The lowest BCUT2D eigenvalue weighted by Gasteiger charge is -2.14. The number of carbonyl (C=O) groups excluding carboxylic acids is 1. The number of benzene rings is 2. The van der Waals surface area contributed by atoms with E-state index in [4.69, 9.17) is 0 Å². The smallest absolute Gasteiger partial charge is 0.230 e. The Morgan fingerprint density at radius 2 is 1.93 bits per heavy atom. The molecular formula is C22H26N4OS. The number of rotatable bonds is 8. The zero-order chi connectivity index (χ0) is 19.9. The summed E-state index contributed by atoms with van der Waals surface area (Å²) >= 11 is 1.40. The van der Waals surface area contributed by atoms with Gasteiger partial charge >= 0.3 is 0 Å². The summed E-state index contributed by atoms with van der Waals surface area (Å²) < 4.78 is 1.92. The highest BCUT2D eigenvalue weighted by atomic mass is 32.2. The van der Waals surface area contributed by atoms with Gasteiger partial charge in [0.1, 0.15) is 6.33 Å². The molecule has 0 aliphatic heterocycles. The van der Waals surface area contributed by atoms with Crippen LogP contribution in [-0.2, 0) is 11.2 Å². The van der Waals surface area contributed by atoms with E-state index in [1.54, 1.807) is 6.33 Å². The van der Waals surface area contributed by atoms with Crippen LogP contribution in [0.15, 0.2) is 60.0 Å². The Balaban J connectivity index is 1.51. The highest BCUT2D eigenvalue weighted by molar-refractivity contribution is 7.99. The molecule has 1 aromatic heterocycles. The number of aromatic nitrogens is 3. The van der Waals surface area contributed by atoms with Crippen LogP contribution in [0.5, 0.6) is 0 Å². The second kappa shape index (κ2) is 9.55. The van der Waals surface area contributed by atoms with Gasteiger partial charge in [0.25, 0.3) is 0 Å². The predicted molar refractivity (Wildman–Crippen MR) is 114 cm³/mol. The quantitative estimate of drug-likeness (QED) is 0.584. The van der Waals surface area contributed by atoms with Gasteiger partial charge in [-0.1, -0.05) is 48.2 Å². The third-order valence-corrected chi connectivity index (χ3v) is 5.68. The molecule has 0 aliphatic rings. The number of hydrogen-bond donors (Lipinski definition) is 1. The zero-order valence-electron chi connectivity index (χ0n) is 16.6. The lowest BCUT2D eigenvalue weighted by Crippen LogP contribution is -2.34. The molecule has 3 aromatic rings. The standard InChI is InChI=1S/C22H26N4OS/c1-16-9-12-20(13-17(16)2)26-15-23-25-22(26)28-14-21(27)24-18(3)10-11-19-7-5-4-6-8-19/h4-9,12-13,15,18H,10-11,14H2,1-3H3,(H,24,27). The summed E-state index contributed by atoms with van der Waals surface area (Å²) in [6.07, 6.45) is 3.56. The lowest BCUT2D eigenvalue weighted by molar-refractivity contribution is -0.119. The molecule has 0 saturated heterocycles. The second-order valence-electron chi connectivity index (χ2n) is 7.03. The highest BCUT2D eigenvalue weighted by Crippen LogP contribution is 2.21. The van der Waals surface area contributed by atoms with Crippen molar-refractivity contribution in [3.63, 3.8) is 0 Å². The number of amides is 1. The van der Waals surface area contributed by atoms with E-state index < -0.39 is 0 Å². The van der Waals surface area contributed by atoms with Crippen molar-refractivity contribution in [3.8, 4) is 5.69 Å². The molecule has 0 aliphatic carbocycles. The first-order valence-corrected chi connectivity index (χ1v) is 10.4. The van der Waals surface area contributed by atoms with Crippen LogP contribution in [0, 0.1) is 13.8 Å². The maximum absolute atomic E-state index is 12.3. The van der Waals surface area contributed by atoms with Gasteiger partial charge in [0.05, 0.1) is 5.75 Å². The number of carbonyl (C=O) groups is 1. The Morgan fingerprint density at radius 3 is 2.68 bits per heavy atom. The molecule has 2 aromatic carbocycles. The molecule has 1 heterocycles. The minimum absolute atomic E-state index is 0.0141. The van der Waals surface area contributed by atoms with E-state index in [9.17, 15) is 4.79 Å². The van der Waals surface area contributed by atoms with Crippen molar-refractivity contribution in [1.82, 2.24) is 20.1 Å². The molecule has 1 amide bonds. The second-order valence-corrected chi connectivity index (χ2v) is 7.98. The van der Waals surface area contributed by atoms with Gasteiger partial charge < -0.3 is 5.32 Å². The van der Waals surface area contributed by atoms with Gasteiger partial charge in [-0.05, 0) is 62.4 Å². The van der Waals surface area contributed by atoms with Crippen molar-refractivity contribution in [2.24, 2.45) is 0 Å². The van der Waals surface area contributed by atoms with Gasteiger partial charge in [-0.15, -0.1) is 10.2 Å². The van der Waals surface area contributed by atoms with Gasteiger partial charge in [-0.3, -0.25) is 9.36 Å². The molecule has 5 nitrogen and oxygen atoms in total. The number of aryl methyl sites for hydroxylation is 3. The molecule has 6 heteroatoms. The Hall–Kier alpha value is -2.60. The third kappa shape index (κ3) is 5.45. The molecule has 3 rings (SSSR count). The fourth-order valence-electron chi connectivity index (χ4n) is 2.92. The topological polar surface area (TPSA) is 59.8 Å². The van der Waals surface area contributed by atoms with Gasteiger partial charge in [-0.25, -0.2) is 0 Å². The van der Waals surface area contributed by atoms with Crippen LogP contribution in [0.1, 0.15) is 30.0 Å². The van der Waals surface area contributed by atoms with E-state index in [0.717, 1.165) is 23.7 Å². The first-order valence-electron chi connectivity index (χ1n) is 9.46. The summed E-state index contributed by atoms with van der Waals surface area (Å²) in [7, 11) is 0. The summed E-state index contributed by atoms with van der Waals surface area (Å²) in [4.78, 5) is 12.3. The van der Waals surface area contributed by atoms with Gasteiger partial charge in [0.2, 0.25) is 5.91 Å². The van der Waals surface area contributed by atoms with E-state index in [1.165, 1.54) is 28.5 Å². The van der Waals surface area contributed by atoms with Crippen LogP contribution in [0.2, 0.25) is 0 Å². The summed E-state index contributed by atoms with van der Waals surface area (Å²) in [5, 5.41) is 12.0. The minimum Gasteiger partial charge on any atom is -0.353 e. The molecule has 0 saturated carbocycles. The Morgan fingerprint density at radius 1 is 1.14 bits per heavy atom. The van der Waals surface area contributed by atoms with Crippen LogP contribution in [0.4, 0.5) is 0 Å². The predicted octanol–water partition coefficient (Wildman–Crippen LogP) is 4.11. The third-order valence-electron chi connectivity index (χ3n) is 4.73. The number of nitrogens with one attached hydrogen (secondary N) is 1. The molecule has 1 unspecified atom stereocenters. The summed E-state index contributed by atoms with van der Waals surface area (Å²) in [6.45, 7) is 6.22. The molecule has 28 heavy (non-hydrogen) atoms. The molecule has 0 bridgehead atoms. The Kier molecular flexibility index (Phi) is 6.87. The van der Waals surface area contributed by atoms with E-state index in [1.807, 2.05) is 35.8 Å². The van der Waals surface area contributed by atoms with E-state index in [0.29, 0.717) is 5.75 Å². The number of nitrogens with zero attached hydrogens (tertiary/aromatic N) is 3. The van der Waals surface area contributed by atoms with Gasteiger partial charge in [0.15, 0.2) is 5.16 Å². The van der Waals surface area contributed by atoms with Crippen molar-refractivity contribution < 1.29 is 4.79 Å². The molecule has 1 atom stereocenters. The molecule has 0 spiro atoms. The van der Waals surface area contributed by atoms with Crippen LogP contribution < -0.4 is 5.32 Å². The number of hydrogen-bond acceptors (Lipinski definition) is 4. The fraction of sp³-hybridized carbons (Fsp3) is 0.318. The van der Waals surface area contributed by atoms with Crippen LogP contribution >= 0.6 is 11.8 Å². The van der Waals surface area contributed by atoms with Gasteiger partial charge in [0, 0.05) is 11.7 Å². The first kappa shape index (κ1) is 20.1. The summed E-state index contributed by atoms with van der Waals surface area (Å²) in [5.74, 6) is 0.333. The number of thioether (sulfide) groups is 1. The van der Waals surface area contributed by atoms with E-state index in [-0.39, 0.29) is 11.9 Å². The average Bonchev–Trinajstić information content (AvgIpc) is 3.16. The van der Waals surface area contributed by atoms with Crippen molar-refractivity contribution in [3.05, 3.63) is 71.5 Å². The summed E-state index contributed by atoms with van der Waals surface area (Å²) in [5.41, 5.74) is 4.76. The normalized spacial score (nSPS) is 12.0. The molecular weight excluding hydrogens is 368 g/mol. The van der Waals surface area contributed by atoms with Gasteiger partial charge in [-0.2, -0.15) is 0 Å². The Labute approximate surface area is 170 Å². The fourth-order valence-corrected chi connectivity index (χ4v) is 3.66. The van der Waals surface area contributed by atoms with E-state index in [2.05, 4.69) is 53.6 Å². The maximum Gasteiger partial charge on any atom is 0.230 e. The molecule has 0 fully saturated rings. The summed E-state index contributed by atoms with van der Waals surface area (Å²) in [6, 6.07) is 16.7. The van der Waals surface area contributed by atoms with Crippen LogP contribution in [-0.4, -0.2) is 32.5 Å². The average molecular weight is 395 g/mol. The highest BCUT2D eigenvalue weighted by Gasteiger charge is 2.12. The monoisotopic (exact) mass is 394 g/mol. The minimum atomic E-state index is 0.0141.